The lowest BCUT2D eigenvalue weighted by Crippen LogP contribution is -2.06. The summed E-state index contributed by atoms with van der Waals surface area (Å²) < 4.78 is 2.05. The Kier molecular flexibility index (Phi) is 8.51. The van der Waals surface area contributed by atoms with Crippen LogP contribution in [0.4, 0.5) is 0 Å². The number of allylic oxidation sites excluding steroid dienone is 2. The van der Waals surface area contributed by atoms with Gasteiger partial charge in [-0.1, -0.05) is 76.2 Å². The van der Waals surface area contributed by atoms with Gasteiger partial charge < -0.3 is 4.57 Å². The Morgan fingerprint density at radius 1 is 0.920 bits per heavy atom. The Balaban J connectivity index is 1.75. The van der Waals surface area contributed by atoms with Gasteiger partial charge in [0.15, 0.2) is 5.43 Å². The highest BCUT2D eigenvalue weighted by Gasteiger charge is 2.04. The minimum absolute atomic E-state index is 0.109. The van der Waals surface area contributed by atoms with E-state index in [1.165, 1.54) is 63.4 Å². The molecule has 0 aliphatic rings. The van der Waals surface area contributed by atoms with E-state index in [0.29, 0.717) is 0 Å². The molecule has 0 spiro atoms. The maximum atomic E-state index is 12.0. The Morgan fingerprint density at radius 3 is 2.40 bits per heavy atom. The van der Waals surface area contributed by atoms with Gasteiger partial charge in [-0.15, -0.1) is 0 Å². The van der Waals surface area contributed by atoms with E-state index in [0.717, 1.165) is 17.3 Å². The average Bonchev–Trinajstić information content (AvgIpc) is 2.63. The summed E-state index contributed by atoms with van der Waals surface area (Å²) in [5.41, 5.74) is 2.40. The Morgan fingerprint density at radius 2 is 1.64 bits per heavy atom. The first-order chi connectivity index (χ1) is 12.2. The normalized spacial score (nSPS) is 11.6. The van der Waals surface area contributed by atoms with Crippen LogP contribution in [0.3, 0.4) is 0 Å². The zero-order valence-electron chi connectivity index (χ0n) is 16.0. The van der Waals surface area contributed by atoms with Crippen molar-refractivity contribution in [1.29, 1.82) is 0 Å². The van der Waals surface area contributed by atoms with Gasteiger partial charge in [0.2, 0.25) is 0 Å². The Labute approximate surface area is 152 Å². The van der Waals surface area contributed by atoms with Crippen molar-refractivity contribution >= 4 is 10.9 Å². The molecule has 2 rings (SSSR count). The minimum Gasteiger partial charge on any atom is -0.350 e. The first-order valence-corrected chi connectivity index (χ1v) is 9.96. The summed E-state index contributed by atoms with van der Waals surface area (Å²) in [6.07, 6.45) is 19.4. The molecule has 0 unspecified atom stereocenters. The van der Waals surface area contributed by atoms with Crippen molar-refractivity contribution in [2.45, 2.75) is 71.1 Å². The SMILES string of the molecule is CCCCCCCCCC/C=C/Cc1cccc2c(=O)ccn(C)c12. The molecular weight excluding hydrogens is 306 g/mol. The molecule has 0 aliphatic heterocycles. The highest BCUT2D eigenvalue weighted by Crippen LogP contribution is 2.16. The second-order valence-electron chi connectivity index (χ2n) is 7.04. The maximum Gasteiger partial charge on any atom is 0.189 e. The highest BCUT2D eigenvalue weighted by molar-refractivity contribution is 5.82. The minimum atomic E-state index is 0.109. The van der Waals surface area contributed by atoms with Crippen LogP contribution in [0.15, 0.2) is 47.4 Å². The van der Waals surface area contributed by atoms with Crippen molar-refractivity contribution in [3.8, 4) is 0 Å². The summed E-state index contributed by atoms with van der Waals surface area (Å²) in [4.78, 5) is 12.0. The first kappa shape index (κ1) is 19.5. The Bertz CT molecular complexity index is 726. The van der Waals surface area contributed by atoms with Crippen LogP contribution in [0, 0.1) is 0 Å². The smallest absolute Gasteiger partial charge is 0.189 e. The number of hydrogen-bond donors (Lipinski definition) is 0. The summed E-state index contributed by atoms with van der Waals surface area (Å²) in [6, 6.07) is 7.68. The highest BCUT2D eigenvalue weighted by atomic mass is 16.1. The second kappa shape index (κ2) is 10.9. The van der Waals surface area contributed by atoms with Crippen LogP contribution in [0.1, 0.15) is 70.3 Å². The van der Waals surface area contributed by atoms with E-state index >= 15 is 0 Å². The van der Waals surface area contributed by atoms with Gasteiger partial charge in [0.25, 0.3) is 0 Å². The van der Waals surface area contributed by atoms with E-state index in [9.17, 15) is 4.79 Å². The predicted molar refractivity (Wildman–Crippen MR) is 109 cm³/mol. The third kappa shape index (κ3) is 6.19. The molecule has 2 aromatic rings. The fraction of sp³-hybridized carbons (Fsp3) is 0.522. The number of rotatable bonds is 11. The quantitative estimate of drug-likeness (QED) is 0.354. The van der Waals surface area contributed by atoms with Crippen LogP contribution in [-0.4, -0.2) is 4.57 Å². The molecule has 0 amide bonds. The molecule has 0 saturated heterocycles. The van der Waals surface area contributed by atoms with Crippen LogP contribution in [-0.2, 0) is 13.5 Å². The van der Waals surface area contributed by atoms with Crippen molar-refractivity contribution in [3.05, 3.63) is 58.4 Å². The van der Waals surface area contributed by atoms with Crippen LogP contribution in [0.2, 0.25) is 0 Å². The van der Waals surface area contributed by atoms with Gasteiger partial charge in [0.1, 0.15) is 0 Å². The van der Waals surface area contributed by atoms with Gasteiger partial charge in [-0.3, -0.25) is 4.79 Å². The van der Waals surface area contributed by atoms with E-state index in [-0.39, 0.29) is 5.43 Å². The molecule has 25 heavy (non-hydrogen) atoms. The van der Waals surface area contributed by atoms with E-state index in [1.54, 1.807) is 6.07 Å². The van der Waals surface area contributed by atoms with Crippen molar-refractivity contribution < 1.29 is 0 Å². The standard InChI is InChI=1S/C23H33NO/c1-3-4-5-6-7-8-9-10-11-12-13-15-20-16-14-17-21-22(25)18-19-24(2)23(20)21/h12-14,16-19H,3-11,15H2,1-2H3/b13-12+. The molecule has 2 nitrogen and oxygen atoms in total. The lowest BCUT2D eigenvalue weighted by molar-refractivity contribution is 0.577. The molecule has 136 valence electrons. The van der Waals surface area contributed by atoms with E-state index in [4.69, 9.17) is 0 Å². The van der Waals surface area contributed by atoms with Gasteiger partial charge >= 0.3 is 0 Å². The third-order valence-corrected chi connectivity index (χ3v) is 4.92. The lowest BCUT2D eigenvalue weighted by Gasteiger charge is -2.09. The van der Waals surface area contributed by atoms with E-state index in [1.807, 2.05) is 25.4 Å². The summed E-state index contributed by atoms with van der Waals surface area (Å²) in [5.74, 6) is 0. The van der Waals surface area contributed by atoms with Gasteiger partial charge in [-0.25, -0.2) is 0 Å². The molecule has 0 N–H and O–H groups in total. The molecular formula is C23H33NO. The summed E-state index contributed by atoms with van der Waals surface area (Å²) in [5, 5.41) is 0.818. The first-order valence-electron chi connectivity index (χ1n) is 9.96. The maximum absolute atomic E-state index is 12.0. The summed E-state index contributed by atoms with van der Waals surface area (Å²) in [6.45, 7) is 2.27. The van der Waals surface area contributed by atoms with E-state index in [2.05, 4.69) is 29.7 Å². The third-order valence-electron chi connectivity index (χ3n) is 4.92. The van der Waals surface area contributed by atoms with Crippen LogP contribution >= 0.6 is 0 Å². The zero-order chi connectivity index (χ0) is 17.9. The van der Waals surface area contributed by atoms with Crippen LogP contribution < -0.4 is 5.43 Å². The summed E-state index contributed by atoms with van der Waals surface area (Å²) in [7, 11) is 2.01. The van der Waals surface area contributed by atoms with Crippen LogP contribution in [0.5, 0.6) is 0 Å². The van der Waals surface area contributed by atoms with Crippen molar-refractivity contribution in [3.63, 3.8) is 0 Å². The fourth-order valence-corrected chi connectivity index (χ4v) is 3.44. The van der Waals surface area contributed by atoms with Crippen LogP contribution in [0.25, 0.3) is 10.9 Å². The molecule has 1 aromatic carbocycles. The van der Waals surface area contributed by atoms with Gasteiger partial charge in [-0.05, 0) is 30.9 Å². The fourth-order valence-electron chi connectivity index (χ4n) is 3.44. The monoisotopic (exact) mass is 339 g/mol. The summed E-state index contributed by atoms with van der Waals surface area (Å²) >= 11 is 0. The zero-order valence-corrected chi connectivity index (χ0v) is 16.0. The molecule has 0 radical (unpaired) electrons. The number of aromatic nitrogens is 1. The molecule has 0 saturated carbocycles. The molecule has 1 aromatic heterocycles. The number of fused-ring (bicyclic) bond motifs is 1. The number of aryl methyl sites for hydroxylation is 1. The topological polar surface area (TPSA) is 22.0 Å². The number of unbranched alkanes of at least 4 members (excludes halogenated alkanes) is 8. The van der Waals surface area contributed by atoms with Crippen molar-refractivity contribution in [1.82, 2.24) is 4.57 Å². The Hall–Kier alpha value is -1.83. The molecule has 0 fully saturated rings. The molecule has 0 atom stereocenters. The van der Waals surface area contributed by atoms with Gasteiger partial charge in [0.05, 0.1) is 5.52 Å². The van der Waals surface area contributed by atoms with E-state index < -0.39 is 0 Å². The van der Waals surface area contributed by atoms with Crippen molar-refractivity contribution in [2.24, 2.45) is 7.05 Å². The van der Waals surface area contributed by atoms with Crippen molar-refractivity contribution in [2.75, 3.05) is 0 Å². The second-order valence-corrected chi connectivity index (χ2v) is 7.04. The molecule has 0 aliphatic carbocycles. The largest absolute Gasteiger partial charge is 0.350 e. The number of pyridine rings is 1. The number of para-hydroxylation sites is 1. The predicted octanol–water partition coefficient (Wildman–Crippen LogP) is 6.17. The molecule has 2 heteroatoms. The number of benzene rings is 1. The molecule has 0 bridgehead atoms. The van der Waals surface area contributed by atoms with Gasteiger partial charge in [0, 0.05) is 24.7 Å². The van der Waals surface area contributed by atoms with Gasteiger partial charge in [-0.2, -0.15) is 0 Å². The number of hydrogen-bond acceptors (Lipinski definition) is 1. The number of nitrogens with zero attached hydrogens (tertiary/aromatic N) is 1. The lowest BCUT2D eigenvalue weighted by atomic mass is 10.0. The molecule has 1 heterocycles. The average molecular weight is 340 g/mol.